The van der Waals surface area contributed by atoms with Gasteiger partial charge in [0.2, 0.25) is 5.91 Å². The minimum atomic E-state index is -0.0678. The van der Waals surface area contributed by atoms with Crippen LogP contribution >= 0.6 is 0 Å². The molecule has 3 atom stereocenters. The molecule has 0 unspecified atom stereocenters. The minimum absolute atomic E-state index is 0.0516. The van der Waals surface area contributed by atoms with E-state index in [2.05, 4.69) is 22.5 Å². The third-order valence-corrected chi connectivity index (χ3v) is 7.03. The predicted molar refractivity (Wildman–Crippen MR) is 111 cm³/mol. The Hall–Kier alpha value is -2.34. The number of piperidine rings is 1. The molecule has 2 N–H and O–H groups in total. The van der Waals surface area contributed by atoms with Gasteiger partial charge in [0.1, 0.15) is 11.8 Å². The molecule has 6 nitrogen and oxygen atoms in total. The summed E-state index contributed by atoms with van der Waals surface area (Å²) in [4.78, 5) is 27.5. The van der Waals surface area contributed by atoms with Gasteiger partial charge in [-0.3, -0.25) is 14.5 Å². The van der Waals surface area contributed by atoms with Gasteiger partial charge in [-0.05, 0) is 57.4 Å². The topological polar surface area (TPSA) is 74.6 Å². The number of hydrogen-bond donors (Lipinski definition) is 2. The van der Waals surface area contributed by atoms with E-state index in [1.807, 2.05) is 24.3 Å². The zero-order valence-corrected chi connectivity index (χ0v) is 16.9. The Balaban J connectivity index is 1.15. The standard InChI is InChI=1S/C23H29N3O3/c1-23(8-9-23)25-21(27)13-26-16-6-7-17(26)11-15(10-16)12-24-22(28)19-14-29-20-5-3-2-4-18(19)20/h2-5,14-17H,6-13H2,1H3,(H,24,28)(H,25,27)/t15-,16-,17+. The van der Waals surface area contributed by atoms with Crippen LogP contribution in [-0.2, 0) is 4.79 Å². The van der Waals surface area contributed by atoms with Gasteiger partial charge in [0.15, 0.2) is 0 Å². The highest BCUT2D eigenvalue weighted by atomic mass is 16.3. The van der Waals surface area contributed by atoms with Crippen molar-refractivity contribution in [1.82, 2.24) is 15.5 Å². The summed E-state index contributed by atoms with van der Waals surface area (Å²) in [6.07, 6.45) is 8.16. The molecule has 3 aliphatic rings. The van der Waals surface area contributed by atoms with Crippen LogP contribution in [0.5, 0.6) is 0 Å². The highest BCUT2D eigenvalue weighted by molar-refractivity contribution is 6.05. The van der Waals surface area contributed by atoms with Crippen molar-refractivity contribution in [3.8, 4) is 0 Å². The minimum Gasteiger partial charge on any atom is -0.463 e. The third kappa shape index (κ3) is 3.78. The van der Waals surface area contributed by atoms with Gasteiger partial charge in [0.05, 0.1) is 12.1 Å². The molecular formula is C23H29N3O3. The first-order chi connectivity index (χ1) is 14.0. The van der Waals surface area contributed by atoms with E-state index in [0.29, 0.717) is 36.7 Å². The van der Waals surface area contributed by atoms with Crippen molar-refractivity contribution in [1.29, 1.82) is 0 Å². The van der Waals surface area contributed by atoms with Crippen LogP contribution in [0.2, 0.25) is 0 Å². The number of carbonyl (C=O) groups is 2. The quantitative estimate of drug-likeness (QED) is 0.788. The maximum atomic E-state index is 12.7. The van der Waals surface area contributed by atoms with Gasteiger partial charge in [0, 0.05) is 29.6 Å². The number of carbonyl (C=O) groups excluding carboxylic acids is 2. The van der Waals surface area contributed by atoms with Gasteiger partial charge in [-0.1, -0.05) is 18.2 Å². The molecule has 2 bridgehead atoms. The molecule has 154 valence electrons. The number of nitrogens with zero attached hydrogens (tertiary/aromatic N) is 1. The molecule has 1 aromatic heterocycles. The first-order valence-corrected chi connectivity index (χ1v) is 10.8. The van der Waals surface area contributed by atoms with Crippen molar-refractivity contribution in [2.24, 2.45) is 5.92 Å². The number of para-hydroxylation sites is 1. The lowest BCUT2D eigenvalue weighted by Gasteiger charge is -2.38. The zero-order valence-electron chi connectivity index (χ0n) is 16.9. The van der Waals surface area contributed by atoms with E-state index in [-0.39, 0.29) is 17.4 Å². The van der Waals surface area contributed by atoms with E-state index in [1.165, 1.54) is 0 Å². The molecule has 29 heavy (non-hydrogen) atoms. The van der Waals surface area contributed by atoms with Gasteiger partial charge >= 0.3 is 0 Å². The summed E-state index contributed by atoms with van der Waals surface area (Å²) in [5.41, 5.74) is 1.39. The van der Waals surface area contributed by atoms with E-state index in [9.17, 15) is 9.59 Å². The van der Waals surface area contributed by atoms with E-state index in [0.717, 1.165) is 49.5 Å². The Morgan fingerprint density at radius 3 is 2.62 bits per heavy atom. The molecule has 6 heteroatoms. The highest BCUT2D eigenvalue weighted by Gasteiger charge is 2.43. The Labute approximate surface area is 171 Å². The van der Waals surface area contributed by atoms with Crippen LogP contribution in [0.25, 0.3) is 11.0 Å². The number of fused-ring (bicyclic) bond motifs is 3. The molecule has 1 aliphatic carbocycles. The second-order valence-corrected chi connectivity index (χ2v) is 9.36. The van der Waals surface area contributed by atoms with Crippen LogP contribution in [0.3, 0.4) is 0 Å². The Bertz CT molecular complexity index is 918. The molecule has 1 aromatic carbocycles. The van der Waals surface area contributed by atoms with E-state index >= 15 is 0 Å². The smallest absolute Gasteiger partial charge is 0.255 e. The molecule has 5 rings (SSSR count). The fourth-order valence-electron chi connectivity index (χ4n) is 5.15. The number of amides is 2. The molecule has 0 radical (unpaired) electrons. The van der Waals surface area contributed by atoms with Crippen LogP contribution in [0.15, 0.2) is 34.9 Å². The van der Waals surface area contributed by atoms with Crippen LogP contribution in [0.4, 0.5) is 0 Å². The number of nitrogens with one attached hydrogen (secondary N) is 2. The maximum Gasteiger partial charge on any atom is 0.255 e. The van der Waals surface area contributed by atoms with Crippen molar-refractivity contribution in [2.45, 2.75) is 63.1 Å². The van der Waals surface area contributed by atoms with Gasteiger partial charge in [-0.15, -0.1) is 0 Å². The fraction of sp³-hybridized carbons (Fsp3) is 0.565. The predicted octanol–water partition coefficient (Wildman–Crippen LogP) is 3.07. The molecule has 1 saturated carbocycles. The molecule has 2 aliphatic heterocycles. The lowest BCUT2D eigenvalue weighted by atomic mass is 9.90. The van der Waals surface area contributed by atoms with Gasteiger partial charge in [-0.2, -0.15) is 0 Å². The normalized spacial score (nSPS) is 27.7. The van der Waals surface area contributed by atoms with Crippen molar-refractivity contribution in [2.75, 3.05) is 13.1 Å². The van der Waals surface area contributed by atoms with Crippen LogP contribution in [-0.4, -0.2) is 47.4 Å². The lowest BCUT2D eigenvalue weighted by molar-refractivity contribution is -0.124. The van der Waals surface area contributed by atoms with E-state index < -0.39 is 0 Å². The third-order valence-electron chi connectivity index (χ3n) is 7.03. The first kappa shape index (κ1) is 18.7. The fourth-order valence-corrected chi connectivity index (χ4v) is 5.15. The summed E-state index contributed by atoms with van der Waals surface area (Å²) in [7, 11) is 0. The van der Waals surface area contributed by atoms with Crippen LogP contribution < -0.4 is 10.6 Å². The second kappa shape index (κ2) is 7.17. The molecule has 0 spiro atoms. The average molecular weight is 396 g/mol. The summed E-state index contributed by atoms with van der Waals surface area (Å²) in [6, 6.07) is 8.54. The second-order valence-electron chi connectivity index (χ2n) is 9.36. The molecule has 2 aromatic rings. The SMILES string of the molecule is CC1(NC(=O)CN2[C@@H]3CC[C@H]2C[C@H](CNC(=O)c2coc4ccccc24)C3)CC1. The number of furan rings is 1. The summed E-state index contributed by atoms with van der Waals surface area (Å²) >= 11 is 0. The molecule has 2 amide bonds. The summed E-state index contributed by atoms with van der Waals surface area (Å²) < 4.78 is 5.49. The van der Waals surface area contributed by atoms with Crippen molar-refractivity contribution >= 4 is 22.8 Å². The van der Waals surface area contributed by atoms with Gasteiger partial charge < -0.3 is 15.1 Å². The molecule has 3 fully saturated rings. The molecular weight excluding hydrogens is 366 g/mol. The van der Waals surface area contributed by atoms with Crippen LogP contribution in [0.1, 0.15) is 55.8 Å². The van der Waals surface area contributed by atoms with Crippen molar-refractivity contribution in [3.05, 3.63) is 36.1 Å². The van der Waals surface area contributed by atoms with Gasteiger partial charge in [-0.25, -0.2) is 0 Å². The van der Waals surface area contributed by atoms with E-state index in [1.54, 1.807) is 6.26 Å². The lowest BCUT2D eigenvalue weighted by Crippen LogP contribution is -2.50. The highest BCUT2D eigenvalue weighted by Crippen LogP contribution is 2.39. The largest absolute Gasteiger partial charge is 0.463 e. The number of rotatable bonds is 6. The monoisotopic (exact) mass is 395 g/mol. The first-order valence-electron chi connectivity index (χ1n) is 10.8. The molecule has 3 heterocycles. The Kier molecular flexibility index (Phi) is 4.62. The number of hydrogen-bond acceptors (Lipinski definition) is 4. The average Bonchev–Trinajstić information content (AvgIpc) is 3.18. The maximum absolute atomic E-state index is 12.7. The molecule has 2 saturated heterocycles. The Morgan fingerprint density at radius 1 is 1.17 bits per heavy atom. The van der Waals surface area contributed by atoms with Crippen molar-refractivity contribution in [3.63, 3.8) is 0 Å². The Morgan fingerprint density at radius 2 is 1.90 bits per heavy atom. The summed E-state index contributed by atoms with van der Waals surface area (Å²) in [5, 5.41) is 7.15. The van der Waals surface area contributed by atoms with Gasteiger partial charge in [0.25, 0.3) is 5.91 Å². The zero-order chi connectivity index (χ0) is 20.0. The van der Waals surface area contributed by atoms with E-state index in [4.69, 9.17) is 4.42 Å². The van der Waals surface area contributed by atoms with Crippen LogP contribution in [0, 0.1) is 5.92 Å². The summed E-state index contributed by atoms with van der Waals surface area (Å²) in [6.45, 7) is 3.33. The van der Waals surface area contributed by atoms with Crippen molar-refractivity contribution < 1.29 is 14.0 Å². The summed E-state index contributed by atoms with van der Waals surface area (Å²) in [5.74, 6) is 0.567. The number of benzene rings is 1.